The second kappa shape index (κ2) is 6.24. The number of nitrogens with one attached hydrogen (secondary N) is 1. The minimum Gasteiger partial charge on any atom is -0.341 e. The van der Waals surface area contributed by atoms with Gasteiger partial charge in [-0.1, -0.05) is 20.3 Å². The third-order valence-corrected chi connectivity index (χ3v) is 3.71. The van der Waals surface area contributed by atoms with Gasteiger partial charge in [-0.15, -0.1) is 0 Å². The zero-order valence-electron chi connectivity index (χ0n) is 11.0. The summed E-state index contributed by atoms with van der Waals surface area (Å²) < 4.78 is 0. The van der Waals surface area contributed by atoms with Crippen LogP contribution in [0.15, 0.2) is 0 Å². The molecule has 1 aliphatic heterocycles. The molecule has 1 unspecified atom stereocenters. The molecule has 3 heteroatoms. The van der Waals surface area contributed by atoms with E-state index in [-0.39, 0.29) is 5.54 Å². The van der Waals surface area contributed by atoms with Crippen LogP contribution in [0.2, 0.25) is 0 Å². The summed E-state index contributed by atoms with van der Waals surface area (Å²) >= 11 is 0. The van der Waals surface area contributed by atoms with E-state index in [1.54, 1.807) is 0 Å². The fraction of sp³-hybridized carbons (Fsp3) is 0.923. The molecule has 1 fully saturated rings. The topological polar surface area (TPSA) is 32.3 Å². The van der Waals surface area contributed by atoms with Crippen LogP contribution in [0.5, 0.6) is 0 Å². The molecule has 0 saturated carbocycles. The number of hydrogen-bond acceptors (Lipinski definition) is 2. The smallest absolute Gasteiger partial charge is 0.242 e. The monoisotopic (exact) mass is 226 g/mol. The van der Waals surface area contributed by atoms with Crippen LogP contribution < -0.4 is 5.32 Å². The Morgan fingerprint density at radius 1 is 1.38 bits per heavy atom. The highest BCUT2D eigenvalue weighted by Crippen LogP contribution is 2.25. The first kappa shape index (κ1) is 13.5. The standard InChI is InChI=1S/C13H26N2O/c1-4-7-11-15(6-3)12(16)13(5-2)9-8-10-14-13/h14H,4-11H2,1-3H3. The van der Waals surface area contributed by atoms with Crippen molar-refractivity contribution in [2.75, 3.05) is 19.6 Å². The van der Waals surface area contributed by atoms with E-state index in [0.29, 0.717) is 5.91 Å². The van der Waals surface area contributed by atoms with Gasteiger partial charge < -0.3 is 10.2 Å². The summed E-state index contributed by atoms with van der Waals surface area (Å²) in [5.41, 5.74) is -0.246. The molecule has 0 aromatic heterocycles. The van der Waals surface area contributed by atoms with Crippen LogP contribution in [0.25, 0.3) is 0 Å². The average molecular weight is 226 g/mol. The van der Waals surface area contributed by atoms with Gasteiger partial charge in [0.1, 0.15) is 0 Å². The zero-order valence-corrected chi connectivity index (χ0v) is 11.0. The molecule has 16 heavy (non-hydrogen) atoms. The first-order valence-corrected chi connectivity index (χ1v) is 6.74. The minimum absolute atomic E-state index is 0.246. The van der Waals surface area contributed by atoms with Crippen molar-refractivity contribution in [2.45, 2.75) is 58.4 Å². The van der Waals surface area contributed by atoms with Gasteiger partial charge in [0.05, 0.1) is 5.54 Å². The fourth-order valence-corrected chi connectivity index (χ4v) is 2.50. The summed E-state index contributed by atoms with van der Waals surface area (Å²) in [7, 11) is 0. The predicted octanol–water partition coefficient (Wildman–Crippen LogP) is 2.17. The molecule has 0 aromatic carbocycles. The molecular formula is C13H26N2O. The molecule has 0 aliphatic carbocycles. The third-order valence-electron chi connectivity index (χ3n) is 3.71. The number of carbonyl (C=O) groups excluding carboxylic acids is 1. The quantitative estimate of drug-likeness (QED) is 0.753. The Morgan fingerprint density at radius 3 is 2.56 bits per heavy atom. The van der Waals surface area contributed by atoms with Crippen LogP contribution in [0.1, 0.15) is 52.9 Å². The predicted molar refractivity (Wildman–Crippen MR) is 67.4 cm³/mol. The average Bonchev–Trinajstić information content (AvgIpc) is 2.79. The lowest BCUT2D eigenvalue weighted by atomic mass is 9.92. The molecule has 1 saturated heterocycles. The Balaban J connectivity index is 2.64. The summed E-state index contributed by atoms with van der Waals surface area (Å²) in [4.78, 5) is 14.5. The van der Waals surface area contributed by atoms with Crippen LogP contribution in [0.3, 0.4) is 0 Å². The SMILES string of the molecule is CCCCN(CC)C(=O)C1(CC)CCCN1. The van der Waals surface area contributed by atoms with Crippen molar-refractivity contribution in [3.8, 4) is 0 Å². The minimum atomic E-state index is -0.246. The van der Waals surface area contributed by atoms with Crippen LogP contribution in [-0.4, -0.2) is 36.0 Å². The Kier molecular flexibility index (Phi) is 5.26. The highest BCUT2D eigenvalue weighted by atomic mass is 16.2. The molecule has 1 heterocycles. The number of carbonyl (C=O) groups is 1. The van der Waals surface area contributed by atoms with Crippen molar-refractivity contribution in [2.24, 2.45) is 0 Å². The van der Waals surface area contributed by atoms with E-state index >= 15 is 0 Å². The van der Waals surface area contributed by atoms with E-state index in [1.807, 2.05) is 4.90 Å². The number of rotatable bonds is 6. The van der Waals surface area contributed by atoms with Crippen LogP contribution in [0.4, 0.5) is 0 Å². The first-order chi connectivity index (χ1) is 7.70. The van der Waals surface area contributed by atoms with Gasteiger partial charge in [0, 0.05) is 13.1 Å². The first-order valence-electron chi connectivity index (χ1n) is 6.74. The van der Waals surface area contributed by atoms with Gasteiger partial charge in [0.2, 0.25) is 5.91 Å². The molecule has 1 amide bonds. The number of amides is 1. The molecular weight excluding hydrogens is 200 g/mol. The number of nitrogens with zero attached hydrogens (tertiary/aromatic N) is 1. The van der Waals surface area contributed by atoms with E-state index in [1.165, 1.54) is 0 Å². The van der Waals surface area contributed by atoms with Gasteiger partial charge in [0.25, 0.3) is 0 Å². The summed E-state index contributed by atoms with van der Waals surface area (Å²) in [6.45, 7) is 9.10. The number of likely N-dealkylation sites (N-methyl/N-ethyl adjacent to an activating group) is 1. The van der Waals surface area contributed by atoms with Crippen molar-refractivity contribution in [3.05, 3.63) is 0 Å². The molecule has 1 atom stereocenters. The molecule has 0 spiro atoms. The normalized spacial score (nSPS) is 24.7. The lowest BCUT2D eigenvalue weighted by Crippen LogP contribution is -2.54. The highest BCUT2D eigenvalue weighted by molar-refractivity contribution is 5.86. The van der Waals surface area contributed by atoms with Crippen molar-refractivity contribution in [3.63, 3.8) is 0 Å². The van der Waals surface area contributed by atoms with Gasteiger partial charge in [0.15, 0.2) is 0 Å². The summed E-state index contributed by atoms with van der Waals surface area (Å²) in [5, 5.41) is 3.42. The van der Waals surface area contributed by atoms with E-state index in [2.05, 4.69) is 26.1 Å². The van der Waals surface area contributed by atoms with Gasteiger partial charge >= 0.3 is 0 Å². The molecule has 0 aromatic rings. The Bertz CT molecular complexity index is 222. The summed E-state index contributed by atoms with van der Waals surface area (Å²) in [6.07, 6.45) is 5.31. The molecule has 0 radical (unpaired) electrons. The van der Waals surface area contributed by atoms with Crippen molar-refractivity contribution in [1.82, 2.24) is 10.2 Å². The lowest BCUT2D eigenvalue weighted by molar-refractivity contribution is -0.137. The summed E-state index contributed by atoms with van der Waals surface area (Å²) in [6, 6.07) is 0. The van der Waals surface area contributed by atoms with E-state index in [4.69, 9.17) is 0 Å². The maximum Gasteiger partial charge on any atom is 0.242 e. The Hall–Kier alpha value is -0.570. The maximum absolute atomic E-state index is 12.5. The van der Waals surface area contributed by atoms with E-state index in [9.17, 15) is 4.79 Å². The zero-order chi connectivity index (χ0) is 12.0. The molecule has 94 valence electrons. The Morgan fingerprint density at radius 2 is 2.12 bits per heavy atom. The highest BCUT2D eigenvalue weighted by Gasteiger charge is 2.41. The second-order valence-corrected chi connectivity index (χ2v) is 4.70. The molecule has 1 aliphatic rings. The van der Waals surface area contributed by atoms with Crippen molar-refractivity contribution >= 4 is 5.91 Å². The molecule has 3 nitrogen and oxygen atoms in total. The summed E-state index contributed by atoms with van der Waals surface area (Å²) in [5.74, 6) is 0.323. The van der Waals surface area contributed by atoms with Gasteiger partial charge in [-0.05, 0) is 39.2 Å². The van der Waals surface area contributed by atoms with Gasteiger partial charge in [-0.25, -0.2) is 0 Å². The fourth-order valence-electron chi connectivity index (χ4n) is 2.50. The third kappa shape index (κ3) is 2.76. The molecule has 1 N–H and O–H groups in total. The van der Waals surface area contributed by atoms with Crippen LogP contribution in [-0.2, 0) is 4.79 Å². The van der Waals surface area contributed by atoms with Crippen LogP contribution >= 0.6 is 0 Å². The maximum atomic E-state index is 12.5. The van der Waals surface area contributed by atoms with Crippen molar-refractivity contribution < 1.29 is 4.79 Å². The van der Waals surface area contributed by atoms with E-state index in [0.717, 1.165) is 51.7 Å². The Labute approximate surface area is 99.6 Å². The van der Waals surface area contributed by atoms with Crippen LogP contribution in [0, 0.1) is 0 Å². The number of hydrogen-bond donors (Lipinski definition) is 1. The van der Waals surface area contributed by atoms with Crippen molar-refractivity contribution in [1.29, 1.82) is 0 Å². The lowest BCUT2D eigenvalue weighted by Gasteiger charge is -2.33. The van der Waals surface area contributed by atoms with E-state index < -0.39 is 0 Å². The molecule has 1 rings (SSSR count). The number of unbranched alkanes of at least 4 members (excludes halogenated alkanes) is 1. The largest absolute Gasteiger partial charge is 0.341 e. The van der Waals surface area contributed by atoms with Gasteiger partial charge in [-0.3, -0.25) is 4.79 Å². The molecule has 0 bridgehead atoms. The second-order valence-electron chi connectivity index (χ2n) is 4.70. The van der Waals surface area contributed by atoms with Gasteiger partial charge in [-0.2, -0.15) is 0 Å².